The molecule has 0 aliphatic carbocycles. The van der Waals surface area contributed by atoms with Crippen LogP contribution in [0.25, 0.3) is 0 Å². The summed E-state index contributed by atoms with van der Waals surface area (Å²) in [6.45, 7) is 5.93. The van der Waals surface area contributed by atoms with E-state index in [1.165, 1.54) is 0 Å². The monoisotopic (exact) mass is 199 g/mol. The molecule has 0 aromatic carbocycles. The van der Waals surface area contributed by atoms with Crippen molar-refractivity contribution < 1.29 is 14.3 Å². The van der Waals surface area contributed by atoms with E-state index in [1.54, 1.807) is 0 Å². The van der Waals surface area contributed by atoms with Gasteiger partial charge in [0.25, 0.3) is 0 Å². The van der Waals surface area contributed by atoms with Gasteiger partial charge in [0.1, 0.15) is 5.60 Å². The molecule has 0 unspecified atom stereocenters. The van der Waals surface area contributed by atoms with E-state index in [0.29, 0.717) is 19.4 Å². The first kappa shape index (κ1) is 11.0. The van der Waals surface area contributed by atoms with Gasteiger partial charge >= 0.3 is 5.97 Å². The van der Waals surface area contributed by atoms with Gasteiger partial charge in [-0.05, 0) is 27.2 Å². The molecule has 1 fully saturated rings. The number of ether oxygens (including phenoxy) is 1. The first-order chi connectivity index (χ1) is 6.38. The maximum Gasteiger partial charge on any atom is 0.311 e. The van der Waals surface area contributed by atoms with Crippen LogP contribution in [-0.2, 0) is 14.3 Å². The second-order valence-electron chi connectivity index (χ2n) is 4.57. The van der Waals surface area contributed by atoms with Gasteiger partial charge in [0.2, 0.25) is 5.91 Å². The van der Waals surface area contributed by atoms with E-state index in [0.717, 1.165) is 0 Å². The third-order valence-corrected chi connectivity index (χ3v) is 2.01. The predicted molar refractivity (Wildman–Crippen MR) is 51.6 cm³/mol. The van der Waals surface area contributed by atoms with E-state index in [2.05, 4.69) is 5.32 Å². The van der Waals surface area contributed by atoms with Crippen LogP contribution in [-0.4, -0.2) is 24.0 Å². The van der Waals surface area contributed by atoms with Crippen LogP contribution in [0.15, 0.2) is 0 Å². The summed E-state index contributed by atoms with van der Waals surface area (Å²) in [6.07, 6.45) is 1.02. The number of rotatable bonds is 1. The summed E-state index contributed by atoms with van der Waals surface area (Å²) in [5.74, 6) is -0.366. The zero-order valence-electron chi connectivity index (χ0n) is 8.92. The Bertz CT molecular complexity index is 232. The Balaban J connectivity index is 2.42. The SMILES string of the molecule is CC(C)(C)OC(=O)[C@@H]1CCC(=O)NC1. The Morgan fingerprint density at radius 3 is 2.57 bits per heavy atom. The van der Waals surface area contributed by atoms with Crippen molar-refractivity contribution in [2.45, 2.75) is 39.2 Å². The maximum absolute atomic E-state index is 11.5. The van der Waals surface area contributed by atoms with E-state index in [-0.39, 0.29) is 17.8 Å². The van der Waals surface area contributed by atoms with Crippen molar-refractivity contribution in [2.24, 2.45) is 5.92 Å². The molecule has 1 heterocycles. The van der Waals surface area contributed by atoms with Crippen molar-refractivity contribution in [2.75, 3.05) is 6.54 Å². The Hall–Kier alpha value is -1.06. The highest BCUT2D eigenvalue weighted by molar-refractivity contribution is 5.81. The molecule has 0 bridgehead atoms. The van der Waals surface area contributed by atoms with Crippen LogP contribution >= 0.6 is 0 Å². The van der Waals surface area contributed by atoms with Crippen LogP contribution in [0.3, 0.4) is 0 Å². The van der Waals surface area contributed by atoms with Gasteiger partial charge in [-0.3, -0.25) is 9.59 Å². The largest absolute Gasteiger partial charge is 0.460 e. The smallest absolute Gasteiger partial charge is 0.311 e. The highest BCUT2D eigenvalue weighted by atomic mass is 16.6. The molecule has 0 aromatic rings. The molecular formula is C10H17NO3. The van der Waals surface area contributed by atoms with Gasteiger partial charge in [0.15, 0.2) is 0 Å². The summed E-state index contributed by atoms with van der Waals surface area (Å²) < 4.78 is 5.22. The number of hydrogen-bond acceptors (Lipinski definition) is 3. The predicted octanol–water partition coefficient (Wildman–Crippen LogP) is 0.854. The van der Waals surface area contributed by atoms with Gasteiger partial charge in [-0.25, -0.2) is 0 Å². The minimum absolute atomic E-state index is 0.0183. The molecule has 1 aliphatic heterocycles. The fraction of sp³-hybridized carbons (Fsp3) is 0.800. The maximum atomic E-state index is 11.5. The molecule has 0 radical (unpaired) electrons. The molecular weight excluding hydrogens is 182 g/mol. The van der Waals surface area contributed by atoms with E-state index >= 15 is 0 Å². The van der Waals surface area contributed by atoms with Crippen LogP contribution in [0, 0.1) is 5.92 Å². The normalized spacial score (nSPS) is 22.8. The van der Waals surface area contributed by atoms with Gasteiger partial charge in [-0.1, -0.05) is 0 Å². The van der Waals surface area contributed by atoms with Crippen LogP contribution < -0.4 is 5.32 Å². The van der Waals surface area contributed by atoms with E-state index in [9.17, 15) is 9.59 Å². The lowest BCUT2D eigenvalue weighted by Crippen LogP contribution is -2.40. The van der Waals surface area contributed by atoms with Crippen LogP contribution in [0.4, 0.5) is 0 Å². The zero-order chi connectivity index (χ0) is 10.8. The molecule has 1 aliphatic rings. The number of esters is 1. The molecule has 80 valence electrons. The van der Waals surface area contributed by atoms with Crippen molar-refractivity contribution >= 4 is 11.9 Å². The lowest BCUT2D eigenvalue weighted by molar-refractivity contribution is -0.160. The molecule has 4 heteroatoms. The minimum Gasteiger partial charge on any atom is -0.460 e. The van der Waals surface area contributed by atoms with Crippen molar-refractivity contribution in [1.82, 2.24) is 5.32 Å². The number of hydrogen-bond donors (Lipinski definition) is 1. The Kier molecular flexibility index (Phi) is 3.13. The first-order valence-corrected chi connectivity index (χ1v) is 4.88. The lowest BCUT2D eigenvalue weighted by Gasteiger charge is -2.26. The molecule has 0 aromatic heterocycles. The molecule has 0 spiro atoms. The zero-order valence-corrected chi connectivity index (χ0v) is 8.92. The van der Waals surface area contributed by atoms with Gasteiger partial charge in [0.05, 0.1) is 5.92 Å². The van der Waals surface area contributed by atoms with Crippen LogP contribution in [0.5, 0.6) is 0 Å². The standard InChI is InChI=1S/C10H17NO3/c1-10(2,3)14-9(13)7-4-5-8(12)11-6-7/h7H,4-6H2,1-3H3,(H,11,12)/t7-/m1/s1. The molecule has 1 amide bonds. The summed E-state index contributed by atoms with van der Waals surface area (Å²) in [5, 5.41) is 2.66. The van der Waals surface area contributed by atoms with Crippen LogP contribution in [0.1, 0.15) is 33.6 Å². The summed E-state index contributed by atoms with van der Waals surface area (Å²) >= 11 is 0. The lowest BCUT2D eigenvalue weighted by atomic mass is 9.99. The number of carbonyl (C=O) groups is 2. The van der Waals surface area contributed by atoms with E-state index in [4.69, 9.17) is 4.74 Å². The molecule has 4 nitrogen and oxygen atoms in total. The van der Waals surface area contributed by atoms with Crippen molar-refractivity contribution in [3.63, 3.8) is 0 Å². The topological polar surface area (TPSA) is 55.4 Å². The number of carbonyl (C=O) groups excluding carboxylic acids is 2. The summed E-state index contributed by atoms with van der Waals surface area (Å²) in [5.41, 5.74) is -0.446. The third kappa shape index (κ3) is 3.36. The molecule has 14 heavy (non-hydrogen) atoms. The highest BCUT2D eigenvalue weighted by Crippen LogP contribution is 2.16. The van der Waals surface area contributed by atoms with E-state index < -0.39 is 5.60 Å². The molecule has 1 N–H and O–H groups in total. The number of nitrogens with one attached hydrogen (secondary N) is 1. The minimum atomic E-state index is -0.446. The second-order valence-corrected chi connectivity index (χ2v) is 4.57. The van der Waals surface area contributed by atoms with Crippen molar-refractivity contribution in [3.8, 4) is 0 Å². The molecule has 1 saturated heterocycles. The second kappa shape index (κ2) is 3.98. The first-order valence-electron chi connectivity index (χ1n) is 4.88. The molecule has 0 saturated carbocycles. The van der Waals surface area contributed by atoms with Crippen LogP contribution in [0.2, 0.25) is 0 Å². The third-order valence-electron chi connectivity index (χ3n) is 2.01. The Morgan fingerprint density at radius 2 is 2.14 bits per heavy atom. The highest BCUT2D eigenvalue weighted by Gasteiger charge is 2.28. The average Bonchev–Trinajstić information content (AvgIpc) is 2.02. The van der Waals surface area contributed by atoms with Gasteiger partial charge in [-0.15, -0.1) is 0 Å². The average molecular weight is 199 g/mol. The molecule has 1 atom stereocenters. The number of piperidine rings is 1. The van der Waals surface area contributed by atoms with Gasteiger partial charge in [-0.2, -0.15) is 0 Å². The van der Waals surface area contributed by atoms with Crippen molar-refractivity contribution in [3.05, 3.63) is 0 Å². The van der Waals surface area contributed by atoms with Gasteiger partial charge in [0, 0.05) is 13.0 Å². The van der Waals surface area contributed by atoms with Crippen molar-refractivity contribution in [1.29, 1.82) is 0 Å². The number of amides is 1. The summed E-state index contributed by atoms with van der Waals surface area (Å²) in [6, 6.07) is 0. The summed E-state index contributed by atoms with van der Waals surface area (Å²) in [4.78, 5) is 22.4. The Labute approximate surface area is 84.0 Å². The molecule has 1 rings (SSSR count). The fourth-order valence-electron chi connectivity index (χ4n) is 1.32. The van der Waals surface area contributed by atoms with E-state index in [1.807, 2.05) is 20.8 Å². The summed E-state index contributed by atoms with van der Waals surface area (Å²) in [7, 11) is 0. The quantitative estimate of drug-likeness (QED) is 0.637. The fourth-order valence-corrected chi connectivity index (χ4v) is 1.32. The Morgan fingerprint density at radius 1 is 1.50 bits per heavy atom. The van der Waals surface area contributed by atoms with Gasteiger partial charge < -0.3 is 10.1 Å².